The summed E-state index contributed by atoms with van der Waals surface area (Å²) in [7, 11) is 0. The van der Waals surface area contributed by atoms with Crippen LogP contribution in [0.4, 0.5) is 5.69 Å². The van der Waals surface area contributed by atoms with Crippen LogP contribution >= 0.6 is 0 Å². The molecular formula is C9H13N3O. The summed E-state index contributed by atoms with van der Waals surface area (Å²) in [5, 5.41) is 0. The quantitative estimate of drug-likeness (QED) is 0.560. The summed E-state index contributed by atoms with van der Waals surface area (Å²) in [6.07, 6.45) is 0. The molecule has 1 unspecified atom stereocenters. The topological polar surface area (TPSA) is 95.1 Å². The number of amides is 1. The molecule has 0 fully saturated rings. The Bertz CT molecular complexity index is 294. The van der Waals surface area contributed by atoms with Crippen LogP contribution in [0.1, 0.15) is 11.5 Å². The van der Waals surface area contributed by atoms with Gasteiger partial charge in [0.15, 0.2) is 0 Å². The fourth-order valence-corrected chi connectivity index (χ4v) is 1.14. The Hall–Kier alpha value is -1.55. The predicted molar refractivity (Wildman–Crippen MR) is 51.8 cm³/mol. The lowest BCUT2D eigenvalue weighted by Gasteiger charge is -2.10. The number of nitrogen functional groups attached to an aromatic ring is 1. The summed E-state index contributed by atoms with van der Waals surface area (Å²) in [5.41, 5.74) is 17.5. The number of hydrogen-bond acceptors (Lipinski definition) is 3. The highest BCUT2D eigenvalue weighted by molar-refractivity contribution is 5.82. The van der Waals surface area contributed by atoms with Crippen molar-refractivity contribution in [3.05, 3.63) is 29.8 Å². The Kier molecular flexibility index (Phi) is 2.87. The lowest BCUT2D eigenvalue weighted by Crippen LogP contribution is -2.27. The summed E-state index contributed by atoms with van der Waals surface area (Å²) in [4.78, 5) is 10.9. The van der Waals surface area contributed by atoms with Crippen molar-refractivity contribution in [1.82, 2.24) is 0 Å². The molecule has 0 aromatic heterocycles. The van der Waals surface area contributed by atoms with Crippen LogP contribution < -0.4 is 17.2 Å². The molecule has 70 valence electrons. The van der Waals surface area contributed by atoms with Gasteiger partial charge < -0.3 is 17.2 Å². The monoisotopic (exact) mass is 179 g/mol. The first-order valence-corrected chi connectivity index (χ1v) is 4.00. The number of hydrogen-bond donors (Lipinski definition) is 3. The van der Waals surface area contributed by atoms with Gasteiger partial charge in [0.05, 0.1) is 5.92 Å². The molecule has 0 heterocycles. The largest absolute Gasteiger partial charge is 0.399 e. The highest BCUT2D eigenvalue weighted by atomic mass is 16.1. The molecule has 0 aliphatic heterocycles. The van der Waals surface area contributed by atoms with Gasteiger partial charge in [-0.1, -0.05) is 12.1 Å². The second-order valence-electron chi connectivity index (χ2n) is 2.86. The van der Waals surface area contributed by atoms with Crippen molar-refractivity contribution in [1.29, 1.82) is 0 Å². The standard InChI is InChI=1S/C9H13N3O/c10-5-8(9(12)13)6-1-3-7(11)4-2-6/h1-4,8H,5,10-11H2,(H2,12,13). The first-order valence-electron chi connectivity index (χ1n) is 4.00. The summed E-state index contributed by atoms with van der Waals surface area (Å²) < 4.78 is 0. The SMILES string of the molecule is NCC(C(N)=O)c1ccc(N)cc1. The summed E-state index contributed by atoms with van der Waals surface area (Å²) in [6, 6.07) is 6.97. The molecule has 4 nitrogen and oxygen atoms in total. The molecule has 0 spiro atoms. The number of carbonyl (C=O) groups is 1. The van der Waals surface area contributed by atoms with Gasteiger partial charge in [-0.05, 0) is 17.7 Å². The predicted octanol–water partition coefficient (Wildman–Crippen LogP) is -0.204. The lowest BCUT2D eigenvalue weighted by molar-refractivity contribution is -0.119. The fourth-order valence-electron chi connectivity index (χ4n) is 1.14. The van der Waals surface area contributed by atoms with E-state index in [2.05, 4.69) is 0 Å². The van der Waals surface area contributed by atoms with Crippen molar-refractivity contribution >= 4 is 11.6 Å². The third-order valence-corrected chi connectivity index (χ3v) is 1.92. The van der Waals surface area contributed by atoms with Gasteiger partial charge in [-0.15, -0.1) is 0 Å². The summed E-state index contributed by atoms with van der Waals surface area (Å²) in [6.45, 7) is 0.221. The van der Waals surface area contributed by atoms with E-state index < -0.39 is 11.8 Å². The third kappa shape index (κ3) is 2.19. The molecule has 1 aromatic rings. The highest BCUT2D eigenvalue weighted by Gasteiger charge is 2.14. The molecule has 0 aliphatic rings. The van der Waals surface area contributed by atoms with Crippen LogP contribution in [-0.4, -0.2) is 12.5 Å². The first kappa shape index (κ1) is 9.54. The van der Waals surface area contributed by atoms with Gasteiger partial charge in [-0.25, -0.2) is 0 Å². The second-order valence-corrected chi connectivity index (χ2v) is 2.86. The van der Waals surface area contributed by atoms with Gasteiger partial charge in [0, 0.05) is 12.2 Å². The van der Waals surface area contributed by atoms with E-state index >= 15 is 0 Å². The smallest absolute Gasteiger partial charge is 0.226 e. The number of rotatable bonds is 3. The Labute approximate surface area is 76.7 Å². The number of nitrogens with two attached hydrogens (primary N) is 3. The minimum absolute atomic E-state index is 0.221. The van der Waals surface area contributed by atoms with E-state index in [1.807, 2.05) is 0 Å². The van der Waals surface area contributed by atoms with E-state index in [0.717, 1.165) is 5.56 Å². The van der Waals surface area contributed by atoms with Crippen LogP contribution in [-0.2, 0) is 4.79 Å². The summed E-state index contributed by atoms with van der Waals surface area (Å²) >= 11 is 0. The average molecular weight is 179 g/mol. The number of anilines is 1. The Morgan fingerprint density at radius 1 is 1.31 bits per heavy atom. The van der Waals surface area contributed by atoms with E-state index in [1.54, 1.807) is 24.3 Å². The van der Waals surface area contributed by atoms with Crippen LogP contribution in [0.25, 0.3) is 0 Å². The van der Waals surface area contributed by atoms with Crippen molar-refractivity contribution < 1.29 is 4.79 Å². The van der Waals surface area contributed by atoms with Crippen molar-refractivity contribution in [3.8, 4) is 0 Å². The lowest BCUT2D eigenvalue weighted by atomic mass is 9.98. The Balaban J connectivity index is 2.92. The van der Waals surface area contributed by atoms with Gasteiger partial charge in [-0.3, -0.25) is 4.79 Å². The van der Waals surface area contributed by atoms with E-state index in [9.17, 15) is 4.79 Å². The highest BCUT2D eigenvalue weighted by Crippen LogP contribution is 2.15. The molecule has 1 atom stereocenters. The van der Waals surface area contributed by atoms with Gasteiger partial charge in [0.1, 0.15) is 0 Å². The normalized spacial score (nSPS) is 12.4. The maximum Gasteiger partial charge on any atom is 0.226 e. The zero-order chi connectivity index (χ0) is 9.84. The third-order valence-electron chi connectivity index (χ3n) is 1.92. The van der Waals surface area contributed by atoms with Gasteiger partial charge >= 0.3 is 0 Å². The number of primary amides is 1. The van der Waals surface area contributed by atoms with Gasteiger partial charge in [0.2, 0.25) is 5.91 Å². The molecule has 4 heteroatoms. The molecule has 1 aromatic carbocycles. The number of benzene rings is 1. The fraction of sp³-hybridized carbons (Fsp3) is 0.222. The number of carbonyl (C=O) groups excluding carboxylic acids is 1. The minimum Gasteiger partial charge on any atom is -0.399 e. The molecule has 0 radical (unpaired) electrons. The average Bonchev–Trinajstić information content (AvgIpc) is 2.09. The van der Waals surface area contributed by atoms with Gasteiger partial charge in [-0.2, -0.15) is 0 Å². The zero-order valence-corrected chi connectivity index (χ0v) is 7.23. The molecular weight excluding hydrogens is 166 g/mol. The molecule has 0 saturated carbocycles. The molecule has 13 heavy (non-hydrogen) atoms. The van der Waals surface area contributed by atoms with Crippen LogP contribution in [0.15, 0.2) is 24.3 Å². The van der Waals surface area contributed by atoms with Crippen LogP contribution in [0.5, 0.6) is 0 Å². The van der Waals surface area contributed by atoms with Gasteiger partial charge in [0.25, 0.3) is 0 Å². The molecule has 0 saturated heterocycles. The van der Waals surface area contributed by atoms with Crippen molar-refractivity contribution in [2.24, 2.45) is 11.5 Å². The Morgan fingerprint density at radius 2 is 1.85 bits per heavy atom. The van der Waals surface area contributed by atoms with E-state index in [0.29, 0.717) is 5.69 Å². The Morgan fingerprint density at radius 3 is 2.23 bits per heavy atom. The van der Waals surface area contributed by atoms with E-state index in [1.165, 1.54) is 0 Å². The van der Waals surface area contributed by atoms with Crippen molar-refractivity contribution in [3.63, 3.8) is 0 Å². The molecule has 0 aliphatic carbocycles. The van der Waals surface area contributed by atoms with Crippen LogP contribution in [0.2, 0.25) is 0 Å². The maximum absolute atomic E-state index is 10.9. The van der Waals surface area contributed by atoms with Crippen molar-refractivity contribution in [2.75, 3.05) is 12.3 Å². The minimum atomic E-state index is -0.416. The van der Waals surface area contributed by atoms with E-state index in [4.69, 9.17) is 17.2 Å². The van der Waals surface area contributed by atoms with Crippen LogP contribution in [0, 0.1) is 0 Å². The molecule has 1 rings (SSSR count). The van der Waals surface area contributed by atoms with Crippen molar-refractivity contribution in [2.45, 2.75) is 5.92 Å². The van der Waals surface area contributed by atoms with Crippen LogP contribution in [0.3, 0.4) is 0 Å². The summed E-state index contributed by atoms with van der Waals surface area (Å²) in [5.74, 6) is -0.826. The van der Waals surface area contributed by atoms with E-state index in [-0.39, 0.29) is 6.54 Å². The molecule has 6 N–H and O–H groups in total. The molecule has 1 amide bonds. The first-order chi connectivity index (χ1) is 6.15. The second kappa shape index (κ2) is 3.91. The molecule has 0 bridgehead atoms. The zero-order valence-electron chi connectivity index (χ0n) is 7.23. The maximum atomic E-state index is 10.9.